The summed E-state index contributed by atoms with van der Waals surface area (Å²) in [4.78, 5) is 40.8. The Morgan fingerprint density at radius 3 is 2.36 bits per heavy atom. The van der Waals surface area contributed by atoms with E-state index in [1.54, 1.807) is 30.5 Å². The van der Waals surface area contributed by atoms with Crippen LogP contribution in [0.3, 0.4) is 0 Å². The molecule has 2 N–H and O–H groups in total. The molecule has 7 heteroatoms. The first-order chi connectivity index (χ1) is 16.0. The highest BCUT2D eigenvalue weighted by Gasteiger charge is 2.36. The topological polar surface area (TPSA) is 91.7 Å². The second-order valence-electron chi connectivity index (χ2n) is 9.26. The van der Waals surface area contributed by atoms with E-state index in [2.05, 4.69) is 10.6 Å². The molecule has 2 heterocycles. The van der Waals surface area contributed by atoms with Gasteiger partial charge in [0.15, 0.2) is 0 Å². The lowest BCUT2D eigenvalue weighted by Crippen LogP contribution is -2.54. The number of furan rings is 1. The molecule has 33 heavy (non-hydrogen) atoms. The third kappa shape index (κ3) is 5.83. The van der Waals surface area contributed by atoms with Crippen molar-refractivity contribution in [2.24, 2.45) is 11.8 Å². The molecule has 0 spiro atoms. The van der Waals surface area contributed by atoms with Gasteiger partial charge in [0.25, 0.3) is 5.91 Å². The molecule has 1 aromatic heterocycles. The summed E-state index contributed by atoms with van der Waals surface area (Å²) in [5.74, 6) is 0.543. The molecule has 7 nitrogen and oxygen atoms in total. The zero-order chi connectivity index (χ0) is 23.2. The van der Waals surface area contributed by atoms with E-state index in [9.17, 15) is 14.4 Å². The second kappa shape index (κ2) is 10.7. The minimum Gasteiger partial charge on any atom is -0.467 e. The standard InChI is InChI=1S/C26H33N3O4/c1-18-8-10-20(11-9-18)24(30)28-23(25(31)27-17-22-7-4-16-33-22)19-12-14-29(15-13-19)26(32)21-5-2-3-6-21/h4,7-11,16,19,21,23H,2-3,5-6,12-15,17H2,1H3,(H,27,31)(H,28,30)/t23-/m0/s1. The van der Waals surface area contributed by atoms with Crippen molar-refractivity contribution in [2.45, 2.75) is 58.0 Å². The molecule has 1 aromatic carbocycles. The maximum Gasteiger partial charge on any atom is 0.251 e. The Bertz CT molecular complexity index is 940. The van der Waals surface area contributed by atoms with Gasteiger partial charge in [0.2, 0.25) is 11.8 Å². The number of amides is 3. The Morgan fingerprint density at radius 2 is 1.73 bits per heavy atom. The lowest BCUT2D eigenvalue weighted by molar-refractivity contribution is -0.137. The van der Waals surface area contributed by atoms with Gasteiger partial charge in [-0.15, -0.1) is 0 Å². The molecule has 2 aliphatic rings. The molecular formula is C26H33N3O4. The van der Waals surface area contributed by atoms with E-state index >= 15 is 0 Å². The van der Waals surface area contributed by atoms with Gasteiger partial charge in [0, 0.05) is 24.6 Å². The lowest BCUT2D eigenvalue weighted by atomic mass is 9.87. The number of rotatable bonds is 7. The zero-order valence-electron chi connectivity index (χ0n) is 19.2. The van der Waals surface area contributed by atoms with E-state index in [1.165, 1.54) is 0 Å². The number of benzene rings is 1. The Kier molecular flexibility index (Phi) is 7.47. The molecule has 3 amide bonds. The van der Waals surface area contributed by atoms with Gasteiger partial charge in [0.05, 0.1) is 12.8 Å². The number of hydrogen-bond donors (Lipinski definition) is 2. The van der Waals surface area contributed by atoms with Crippen LogP contribution >= 0.6 is 0 Å². The summed E-state index contributed by atoms with van der Waals surface area (Å²) in [6.45, 7) is 3.49. The van der Waals surface area contributed by atoms with Crippen LogP contribution in [0.2, 0.25) is 0 Å². The second-order valence-corrected chi connectivity index (χ2v) is 9.26. The molecule has 4 rings (SSSR count). The number of likely N-dealkylation sites (tertiary alicyclic amines) is 1. The smallest absolute Gasteiger partial charge is 0.251 e. The van der Waals surface area contributed by atoms with Crippen LogP contribution in [0.5, 0.6) is 0 Å². The van der Waals surface area contributed by atoms with E-state index in [0.717, 1.165) is 31.2 Å². The predicted molar refractivity (Wildman–Crippen MR) is 124 cm³/mol. The molecule has 2 aromatic rings. The Labute approximate surface area is 194 Å². The van der Waals surface area contributed by atoms with Crippen molar-refractivity contribution in [2.75, 3.05) is 13.1 Å². The molecular weight excluding hydrogens is 418 g/mol. The Morgan fingerprint density at radius 1 is 1.03 bits per heavy atom. The molecule has 1 aliphatic carbocycles. The van der Waals surface area contributed by atoms with E-state index in [0.29, 0.717) is 37.3 Å². The van der Waals surface area contributed by atoms with Crippen molar-refractivity contribution in [1.29, 1.82) is 0 Å². The minimum absolute atomic E-state index is 0.0383. The van der Waals surface area contributed by atoms with Crippen molar-refractivity contribution in [3.63, 3.8) is 0 Å². The predicted octanol–water partition coefficient (Wildman–Crippen LogP) is 3.43. The first-order valence-corrected chi connectivity index (χ1v) is 12.0. The molecule has 2 fully saturated rings. The number of hydrogen-bond acceptors (Lipinski definition) is 4. The summed E-state index contributed by atoms with van der Waals surface area (Å²) >= 11 is 0. The first-order valence-electron chi connectivity index (χ1n) is 12.0. The molecule has 1 atom stereocenters. The lowest BCUT2D eigenvalue weighted by Gasteiger charge is -2.36. The maximum atomic E-state index is 13.1. The molecule has 0 bridgehead atoms. The van der Waals surface area contributed by atoms with Crippen molar-refractivity contribution in [3.05, 3.63) is 59.5 Å². The fraction of sp³-hybridized carbons (Fsp3) is 0.500. The van der Waals surface area contributed by atoms with Gasteiger partial charge < -0.3 is 20.0 Å². The van der Waals surface area contributed by atoms with Crippen LogP contribution in [-0.2, 0) is 16.1 Å². The Hall–Kier alpha value is -3.09. The van der Waals surface area contributed by atoms with Gasteiger partial charge in [0.1, 0.15) is 11.8 Å². The van der Waals surface area contributed by atoms with Gasteiger partial charge in [-0.25, -0.2) is 0 Å². The highest BCUT2D eigenvalue weighted by Crippen LogP contribution is 2.29. The summed E-state index contributed by atoms with van der Waals surface area (Å²) < 4.78 is 5.31. The number of nitrogens with zero attached hydrogens (tertiary/aromatic N) is 1. The minimum atomic E-state index is -0.669. The van der Waals surface area contributed by atoms with Crippen molar-refractivity contribution in [1.82, 2.24) is 15.5 Å². The third-order valence-electron chi connectivity index (χ3n) is 6.93. The van der Waals surface area contributed by atoms with Crippen LogP contribution in [-0.4, -0.2) is 41.8 Å². The fourth-order valence-corrected chi connectivity index (χ4v) is 4.91. The molecule has 0 unspecified atom stereocenters. The van der Waals surface area contributed by atoms with Gasteiger partial charge in [-0.3, -0.25) is 14.4 Å². The number of aryl methyl sites for hydroxylation is 1. The highest BCUT2D eigenvalue weighted by molar-refractivity contribution is 5.97. The van der Waals surface area contributed by atoms with Crippen LogP contribution in [0.4, 0.5) is 0 Å². The summed E-state index contributed by atoms with van der Waals surface area (Å²) in [7, 11) is 0. The fourth-order valence-electron chi connectivity index (χ4n) is 4.91. The molecule has 0 radical (unpaired) electrons. The zero-order valence-corrected chi connectivity index (χ0v) is 19.2. The van der Waals surface area contributed by atoms with E-state index in [1.807, 2.05) is 24.0 Å². The Balaban J connectivity index is 1.41. The summed E-state index contributed by atoms with van der Waals surface area (Å²) in [5.41, 5.74) is 1.59. The number of nitrogens with one attached hydrogen (secondary N) is 2. The van der Waals surface area contributed by atoms with Crippen molar-refractivity contribution >= 4 is 17.7 Å². The van der Waals surface area contributed by atoms with E-state index < -0.39 is 6.04 Å². The third-order valence-corrected chi connectivity index (χ3v) is 6.93. The highest BCUT2D eigenvalue weighted by atomic mass is 16.3. The molecule has 1 saturated heterocycles. The largest absolute Gasteiger partial charge is 0.467 e. The molecule has 176 valence electrons. The first kappa shape index (κ1) is 23.1. The van der Waals surface area contributed by atoms with Crippen LogP contribution in [0, 0.1) is 18.8 Å². The number of piperidine rings is 1. The van der Waals surface area contributed by atoms with Crippen LogP contribution in [0.25, 0.3) is 0 Å². The van der Waals surface area contributed by atoms with E-state index in [4.69, 9.17) is 4.42 Å². The summed E-state index contributed by atoms with van der Waals surface area (Å²) in [6.07, 6.45) is 7.18. The normalized spacial score (nSPS) is 18.2. The average molecular weight is 452 g/mol. The average Bonchev–Trinajstić information content (AvgIpc) is 3.56. The van der Waals surface area contributed by atoms with Gasteiger partial charge >= 0.3 is 0 Å². The summed E-state index contributed by atoms with van der Waals surface area (Å²) in [5, 5.41) is 5.87. The van der Waals surface area contributed by atoms with Crippen LogP contribution < -0.4 is 10.6 Å². The molecule has 1 saturated carbocycles. The van der Waals surface area contributed by atoms with Gasteiger partial charge in [-0.2, -0.15) is 0 Å². The number of carbonyl (C=O) groups is 3. The van der Waals surface area contributed by atoms with E-state index in [-0.39, 0.29) is 36.1 Å². The van der Waals surface area contributed by atoms with Gasteiger partial charge in [-0.05, 0) is 62.8 Å². The summed E-state index contributed by atoms with van der Waals surface area (Å²) in [6, 6.07) is 10.2. The van der Waals surface area contributed by atoms with Gasteiger partial charge in [-0.1, -0.05) is 30.5 Å². The maximum absolute atomic E-state index is 13.1. The van der Waals surface area contributed by atoms with Crippen molar-refractivity contribution in [3.8, 4) is 0 Å². The quantitative estimate of drug-likeness (QED) is 0.675. The van der Waals surface area contributed by atoms with Crippen LogP contribution in [0.15, 0.2) is 47.1 Å². The monoisotopic (exact) mass is 451 g/mol. The van der Waals surface area contributed by atoms with Crippen molar-refractivity contribution < 1.29 is 18.8 Å². The SMILES string of the molecule is Cc1ccc(C(=O)N[C@H](C(=O)NCc2ccco2)C2CCN(C(=O)C3CCCC3)CC2)cc1. The molecule has 1 aliphatic heterocycles. The van der Waals surface area contributed by atoms with Crippen LogP contribution in [0.1, 0.15) is 60.2 Å². The number of carbonyl (C=O) groups excluding carboxylic acids is 3.